The fraction of sp³-hybridized carbons (Fsp3) is 0.286. The minimum absolute atomic E-state index is 0.250. The number of aromatic amines is 1. The molecule has 72 valence electrons. The summed E-state index contributed by atoms with van der Waals surface area (Å²) in [5.74, 6) is 0. The molecule has 0 atom stereocenters. The first-order valence-corrected chi connectivity index (χ1v) is 3.31. The predicted molar refractivity (Wildman–Crippen MR) is 41.3 cm³/mol. The molecule has 0 spiro atoms. The van der Waals surface area contributed by atoms with Gasteiger partial charge in [0.2, 0.25) is 0 Å². The largest absolute Gasteiger partial charge is 0.468 e. The van der Waals surface area contributed by atoms with E-state index in [2.05, 4.69) is 14.9 Å². The van der Waals surface area contributed by atoms with Crippen molar-refractivity contribution < 1.29 is 19.1 Å². The Morgan fingerprint density at radius 1 is 1.62 bits per heavy atom. The Morgan fingerprint density at radius 2 is 2.23 bits per heavy atom. The summed E-state index contributed by atoms with van der Waals surface area (Å²) in [6, 6.07) is 1.83. The number of nitrogens with zero attached hydrogens (tertiary/aromatic N) is 1. The number of H-pyrrole nitrogens is 1. The molecule has 1 aromatic rings. The van der Waals surface area contributed by atoms with Crippen molar-refractivity contribution in [3.8, 4) is 0 Å². The molecule has 1 aromatic heterocycles. The molecule has 0 aliphatic rings. The number of nitrogens with one attached hydrogen (secondary N) is 1. The van der Waals surface area contributed by atoms with Crippen molar-refractivity contribution in [3.05, 3.63) is 18.5 Å². The zero-order valence-electron chi connectivity index (χ0n) is 7.10. The van der Waals surface area contributed by atoms with Crippen molar-refractivity contribution in [1.82, 2.24) is 10.2 Å². The van der Waals surface area contributed by atoms with Gasteiger partial charge in [-0.05, 0) is 13.0 Å². The lowest BCUT2D eigenvalue weighted by Crippen LogP contribution is -1.80. The van der Waals surface area contributed by atoms with Crippen molar-refractivity contribution in [2.24, 2.45) is 0 Å². The van der Waals surface area contributed by atoms with Crippen molar-refractivity contribution in [1.29, 1.82) is 0 Å². The molecule has 0 unspecified atom stereocenters. The van der Waals surface area contributed by atoms with Gasteiger partial charge < -0.3 is 4.74 Å². The van der Waals surface area contributed by atoms with Crippen LogP contribution in [-0.4, -0.2) is 29.4 Å². The zero-order chi connectivity index (χ0) is 10.4. The Kier molecular flexibility index (Phi) is 17.4. The van der Waals surface area contributed by atoms with Crippen LogP contribution in [0.25, 0.3) is 0 Å². The number of hydrogen-bond donors (Lipinski definition) is 1. The van der Waals surface area contributed by atoms with Crippen molar-refractivity contribution in [2.75, 3.05) is 6.61 Å². The molecular formula is C7H10N2O4. The molecule has 0 radical (unpaired) electrons. The summed E-state index contributed by atoms with van der Waals surface area (Å²) < 4.78 is 4.15. The molecule has 0 saturated heterocycles. The summed E-state index contributed by atoms with van der Waals surface area (Å²) in [6.45, 7) is 2.66. The molecule has 6 heteroatoms. The van der Waals surface area contributed by atoms with Gasteiger partial charge in [-0.2, -0.15) is 14.7 Å². The van der Waals surface area contributed by atoms with Gasteiger partial charge in [-0.1, -0.05) is 0 Å². The van der Waals surface area contributed by atoms with Crippen molar-refractivity contribution in [2.45, 2.75) is 6.92 Å². The summed E-state index contributed by atoms with van der Waals surface area (Å²) >= 11 is 0. The van der Waals surface area contributed by atoms with E-state index in [0.717, 1.165) is 0 Å². The summed E-state index contributed by atoms with van der Waals surface area (Å²) in [7, 11) is 0. The van der Waals surface area contributed by atoms with Gasteiger partial charge in [0.25, 0.3) is 6.47 Å². The maximum Gasteiger partial charge on any atom is 0.373 e. The quantitative estimate of drug-likeness (QED) is 0.657. The van der Waals surface area contributed by atoms with E-state index >= 15 is 0 Å². The van der Waals surface area contributed by atoms with Gasteiger partial charge in [0.15, 0.2) is 0 Å². The fourth-order valence-corrected chi connectivity index (χ4v) is 0.283. The molecule has 6 nitrogen and oxygen atoms in total. The van der Waals surface area contributed by atoms with Gasteiger partial charge in [0, 0.05) is 12.4 Å². The highest BCUT2D eigenvalue weighted by Gasteiger charge is 1.60. The molecule has 0 aromatic carbocycles. The maximum absolute atomic E-state index is 9.18. The minimum Gasteiger partial charge on any atom is -0.468 e. The Bertz CT molecular complexity index is 187. The van der Waals surface area contributed by atoms with Crippen LogP contribution >= 0.6 is 0 Å². The van der Waals surface area contributed by atoms with Gasteiger partial charge >= 0.3 is 6.15 Å². The smallest absolute Gasteiger partial charge is 0.373 e. The molecule has 1 heterocycles. The molecule has 0 aliphatic heterocycles. The van der Waals surface area contributed by atoms with Gasteiger partial charge in [0.1, 0.15) is 0 Å². The van der Waals surface area contributed by atoms with Gasteiger partial charge in [-0.25, -0.2) is 0 Å². The third-order valence-corrected chi connectivity index (χ3v) is 0.641. The van der Waals surface area contributed by atoms with E-state index in [1.165, 1.54) is 0 Å². The lowest BCUT2D eigenvalue weighted by atomic mass is 10.8. The van der Waals surface area contributed by atoms with E-state index in [0.29, 0.717) is 13.1 Å². The number of carbonyl (C=O) groups excluding carboxylic acids is 3. The maximum atomic E-state index is 9.18. The van der Waals surface area contributed by atoms with E-state index in [4.69, 9.17) is 9.59 Å². The highest BCUT2D eigenvalue weighted by Crippen LogP contribution is 1.64. The van der Waals surface area contributed by atoms with Crippen molar-refractivity contribution >= 4 is 12.6 Å². The Morgan fingerprint density at radius 3 is 2.31 bits per heavy atom. The summed E-state index contributed by atoms with van der Waals surface area (Å²) in [4.78, 5) is 25.4. The zero-order valence-corrected chi connectivity index (χ0v) is 7.10. The van der Waals surface area contributed by atoms with E-state index < -0.39 is 0 Å². The molecule has 1 N–H and O–H groups in total. The highest BCUT2D eigenvalue weighted by atomic mass is 16.5. The van der Waals surface area contributed by atoms with Crippen LogP contribution < -0.4 is 0 Å². The highest BCUT2D eigenvalue weighted by molar-refractivity contribution is 5.36. The van der Waals surface area contributed by atoms with Crippen LogP contribution in [0.1, 0.15) is 6.92 Å². The van der Waals surface area contributed by atoms with Gasteiger partial charge in [-0.3, -0.25) is 9.89 Å². The Hall–Kier alpha value is -1.94. The lowest BCUT2D eigenvalue weighted by molar-refractivity contribution is -0.191. The van der Waals surface area contributed by atoms with Crippen LogP contribution in [0.5, 0.6) is 0 Å². The standard InChI is InChI=1S/C3H4N2.C3H6O2.CO2/c1-2-4-5-3-1;1-2-5-3-4;2-1-3/h1-3H,(H,4,5);3H,2H2,1H3;. The minimum atomic E-state index is 0.250. The number of aromatic nitrogens is 2. The van der Waals surface area contributed by atoms with E-state index in [-0.39, 0.29) is 6.15 Å². The SMILES string of the molecule is CCOC=O.O=C=O.c1cn[nH]c1. The van der Waals surface area contributed by atoms with E-state index in [1.54, 1.807) is 19.3 Å². The van der Waals surface area contributed by atoms with Crippen LogP contribution in [0, 0.1) is 0 Å². The second-order valence-electron chi connectivity index (χ2n) is 1.40. The average Bonchev–Trinajstić information content (AvgIpc) is 2.64. The number of carbonyl (C=O) groups is 1. The Labute approximate surface area is 74.9 Å². The van der Waals surface area contributed by atoms with Crippen LogP contribution in [0.4, 0.5) is 0 Å². The van der Waals surface area contributed by atoms with Gasteiger partial charge in [0.05, 0.1) is 6.61 Å². The molecule has 1 rings (SSSR count). The molecule has 0 saturated carbocycles. The van der Waals surface area contributed by atoms with Crippen LogP contribution in [0.2, 0.25) is 0 Å². The van der Waals surface area contributed by atoms with Crippen LogP contribution in [0.15, 0.2) is 18.5 Å². The molecular weight excluding hydrogens is 176 g/mol. The van der Waals surface area contributed by atoms with Crippen LogP contribution in [-0.2, 0) is 19.1 Å². The second-order valence-corrected chi connectivity index (χ2v) is 1.40. The monoisotopic (exact) mass is 186 g/mol. The third-order valence-electron chi connectivity index (χ3n) is 0.641. The number of ether oxygens (including phenoxy) is 1. The summed E-state index contributed by atoms with van der Waals surface area (Å²) in [5, 5.41) is 6.21. The third kappa shape index (κ3) is 25.5. The molecule has 0 bridgehead atoms. The number of rotatable bonds is 2. The molecule has 0 aliphatic carbocycles. The van der Waals surface area contributed by atoms with Crippen LogP contribution in [0.3, 0.4) is 0 Å². The summed E-state index contributed by atoms with van der Waals surface area (Å²) in [5.41, 5.74) is 0. The first-order valence-electron chi connectivity index (χ1n) is 3.31. The lowest BCUT2D eigenvalue weighted by Gasteiger charge is -1.79. The average molecular weight is 186 g/mol. The predicted octanol–water partition coefficient (Wildman–Crippen LogP) is 0.00550. The first kappa shape index (κ1) is 13.6. The van der Waals surface area contributed by atoms with Crippen molar-refractivity contribution in [3.63, 3.8) is 0 Å². The molecule has 13 heavy (non-hydrogen) atoms. The second kappa shape index (κ2) is 16.6. The summed E-state index contributed by atoms with van der Waals surface area (Å²) in [6.07, 6.45) is 3.71. The molecule has 0 fully saturated rings. The van der Waals surface area contributed by atoms with E-state index in [1.807, 2.05) is 6.07 Å². The molecule has 0 amide bonds. The normalized spacial score (nSPS) is 6.23. The van der Waals surface area contributed by atoms with Gasteiger partial charge in [-0.15, -0.1) is 0 Å². The first-order chi connectivity index (χ1) is 6.33. The van der Waals surface area contributed by atoms with E-state index in [9.17, 15) is 4.79 Å². The topological polar surface area (TPSA) is 89.1 Å². The Balaban J connectivity index is 0. The fourth-order valence-electron chi connectivity index (χ4n) is 0.283. The number of hydrogen-bond acceptors (Lipinski definition) is 5.